The van der Waals surface area contributed by atoms with Gasteiger partial charge in [0, 0.05) is 25.3 Å². The number of hydrogen-bond acceptors (Lipinski definition) is 5. The van der Waals surface area contributed by atoms with Gasteiger partial charge in [0.1, 0.15) is 5.75 Å². The lowest BCUT2D eigenvalue weighted by Gasteiger charge is -2.28. The molecule has 2 N–H and O–H groups in total. The first kappa shape index (κ1) is 21.8. The van der Waals surface area contributed by atoms with Crippen molar-refractivity contribution in [1.29, 1.82) is 0 Å². The summed E-state index contributed by atoms with van der Waals surface area (Å²) < 4.78 is 24.4. The average molecular weight is 430 g/mol. The van der Waals surface area contributed by atoms with Gasteiger partial charge in [-0.15, -0.1) is 0 Å². The van der Waals surface area contributed by atoms with E-state index < -0.39 is 21.5 Å². The van der Waals surface area contributed by atoms with Gasteiger partial charge in [0.25, 0.3) is 0 Å². The lowest BCUT2D eigenvalue weighted by molar-refractivity contribution is -0.120. The highest BCUT2D eigenvalue weighted by molar-refractivity contribution is 7.92. The van der Waals surface area contributed by atoms with Gasteiger partial charge in [-0.1, -0.05) is 42.5 Å². The molecule has 30 heavy (non-hydrogen) atoms. The van der Waals surface area contributed by atoms with Crippen LogP contribution in [0.3, 0.4) is 0 Å². The number of amides is 2. The molecule has 1 aliphatic heterocycles. The van der Waals surface area contributed by atoms with Gasteiger partial charge in [0.2, 0.25) is 11.8 Å². The van der Waals surface area contributed by atoms with E-state index in [0.29, 0.717) is 25.9 Å². The molecule has 1 saturated heterocycles. The number of benzene rings is 2. The van der Waals surface area contributed by atoms with Gasteiger partial charge in [0.15, 0.2) is 9.84 Å². The Morgan fingerprint density at radius 1 is 1.03 bits per heavy atom. The topological polar surface area (TPSA) is 95.6 Å². The molecule has 0 atom stereocenters. The Balaban J connectivity index is 1.41. The van der Waals surface area contributed by atoms with Crippen LogP contribution in [0, 0.1) is 0 Å². The molecule has 0 unspecified atom stereocenters. The number of carbonyl (C=O) groups is 2. The quantitative estimate of drug-likeness (QED) is 0.626. The molecule has 3 rings (SSSR count). The first-order valence-corrected chi connectivity index (χ1v) is 11.8. The summed E-state index contributed by atoms with van der Waals surface area (Å²) in [7, 11) is -3.44. The van der Waals surface area contributed by atoms with Crippen molar-refractivity contribution < 1.29 is 18.0 Å². The summed E-state index contributed by atoms with van der Waals surface area (Å²) in [5.41, 5.74) is 2.90. The van der Waals surface area contributed by atoms with E-state index in [4.69, 9.17) is 0 Å². The molecule has 160 valence electrons. The van der Waals surface area contributed by atoms with E-state index in [-0.39, 0.29) is 18.2 Å². The molecule has 0 aromatic heterocycles. The van der Waals surface area contributed by atoms with Crippen LogP contribution in [0.2, 0.25) is 0 Å². The van der Waals surface area contributed by atoms with Gasteiger partial charge in [-0.05, 0) is 36.1 Å². The number of sulfone groups is 1. The zero-order valence-electron chi connectivity index (χ0n) is 16.8. The molecule has 1 fully saturated rings. The number of aryl methyl sites for hydroxylation is 1. The van der Waals surface area contributed by atoms with E-state index in [1.165, 1.54) is 0 Å². The summed E-state index contributed by atoms with van der Waals surface area (Å²) in [4.78, 5) is 25.6. The Morgan fingerprint density at radius 3 is 2.47 bits per heavy atom. The SMILES string of the molecule is O=C1CN(c2ccc(CNC(=O)CS(=O)(=O)CCCc3ccccc3)cc2)CCN1. The maximum Gasteiger partial charge on any atom is 0.239 e. The summed E-state index contributed by atoms with van der Waals surface area (Å²) in [6.45, 7) is 1.97. The van der Waals surface area contributed by atoms with Crippen molar-refractivity contribution in [3.05, 3.63) is 65.7 Å². The number of hydrogen-bond donors (Lipinski definition) is 2. The smallest absolute Gasteiger partial charge is 0.239 e. The molecular weight excluding hydrogens is 402 g/mol. The molecule has 0 spiro atoms. The van der Waals surface area contributed by atoms with E-state index in [2.05, 4.69) is 10.6 Å². The minimum Gasteiger partial charge on any atom is -0.360 e. The van der Waals surface area contributed by atoms with Crippen LogP contribution in [0.1, 0.15) is 17.5 Å². The lowest BCUT2D eigenvalue weighted by atomic mass is 10.1. The second-order valence-electron chi connectivity index (χ2n) is 7.40. The first-order valence-electron chi connectivity index (χ1n) is 10.0. The molecule has 0 aliphatic carbocycles. The van der Waals surface area contributed by atoms with E-state index in [0.717, 1.165) is 23.4 Å². The molecule has 0 bridgehead atoms. The molecule has 1 heterocycles. The van der Waals surface area contributed by atoms with Crippen molar-refractivity contribution in [3.63, 3.8) is 0 Å². The summed E-state index contributed by atoms with van der Waals surface area (Å²) in [6.07, 6.45) is 1.17. The molecule has 0 radical (unpaired) electrons. The van der Waals surface area contributed by atoms with Crippen LogP contribution < -0.4 is 15.5 Å². The summed E-state index contributed by atoms with van der Waals surface area (Å²) >= 11 is 0. The summed E-state index contributed by atoms with van der Waals surface area (Å²) in [6, 6.07) is 17.2. The van der Waals surface area contributed by atoms with Crippen LogP contribution in [0.5, 0.6) is 0 Å². The Labute approximate surface area is 177 Å². The standard InChI is InChI=1S/C22H27N3O4S/c26-21-16-25(13-12-23-21)20-10-8-19(9-11-20)15-24-22(27)17-30(28,29)14-4-7-18-5-2-1-3-6-18/h1-3,5-6,8-11H,4,7,12-17H2,(H,23,26)(H,24,27). The molecule has 1 aliphatic rings. The highest BCUT2D eigenvalue weighted by Crippen LogP contribution is 2.16. The molecule has 8 heteroatoms. The third-order valence-electron chi connectivity index (χ3n) is 4.94. The number of nitrogens with zero attached hydrogens (tertiary/aromatic N) is 1. The van der Waals surface area contributed by atoms with Crippen molar-refractivity contribution in [1.82, 2.24) is 10.6 Å². The minimum absolute atomic E-state index is 0.00238. The highest BCUT2D eigenvalue weighted by atomic mass is 32.2. The molecule has 2 aromatic rings. The van der Waals surface area contributed by atoms with Crippen LogP contribution in [-0.4, -0.2) is 51.4 Å². The van der Waals surface area contributed by atoms with Crippen molar-refractivity contribution in [2.45, 2.75) is 19.4 Å². The number of nitrogens with one attached hydrogen (secondary N) is 2. The van der Waals surface area contributed by atoms with E-state index in [9.17, 15) is 18.0 Å². The molecule has 0 saturated carbocycles. The molecular formula is C22H27N3O4S. The van der Waals surface area contributed by atoms with Crippen molar-refractivity contribution in [3.8, 4) is 0 Å². The molecule has 2 aromatic carbocycles. The van der Waals surface area contributed by atoms with E-state index in [1.54, 1.807) is 0 Å². The second-order valence-corrected chi connectivity index (χ2v) is 9.58. The predicted molar refractivity (Wildman–Crippen MR) is 117 cm³/mol. The minimum atomic E-state index is -3.44. The zero-order chi connectivity index (χ0) is 21.4. The number of anilines is 1. The van der Waals surface area contributed by atoms with Gasteiger partial charge >= 0.3 is 0 Å². The number of rotatable bonds is 9. The number of carbonyl (C=O) groups excluding carboxylic acids is 2. The van der Waals surface area contributed by atoms with Gasteiger partial charge in [-0.2, -0.15) is 0 Å². The van der Waals surface area contributed by atoms with Crippen molar-refractivity contribution >= 4 is 27.3 Å². The normalized spacial score (nSPS) is 14.3. The van der Waals surface area contributed by atoms with Crippen molar-refractivity contribution in [2.24, 2.45) is 0 Å². The fraction of sp³-hybridized carbons (Fsp3) is 0.364. The van der Waals surface area contributed by atoms with Crippen LogP contribution in [-0.2, 0) is 32.4 Å². The fourth-order valence-electron chi connectivity index (χ4n) is 3.35. The maximum absolute atomic E-state index is 12.2. The zero-order valence-corrected chi connectivity index (χ0v) is 17.7. The van der Waals surface area contributed by atoms with Crippen LogP contribution >= 0.6 is 0 Å². The van der Waals surface area contributed by atoms with Gasteiger partial charge in [-0.25, -0.2) is 8.42 Å². The van der Waals surface area contributed by atoms with Crippen LogP contribution in [0.25, 0.3) is 0 Å². The second kappa shape index (κ2) is 10.2. The largest absolute Gasteiger partial charge is 0.360 e. The van der Waals surface area contributed by atoms with E-state index >= 15 is 0 Å². The van der Waals surface area contributed by atoms with Crippen LogP contribution in [0.4, 0.5) is 5.69 Å². The summed E-state index contributed by atoms with van der Waals surface area (Å²) in [5, 5.41) is 5.46. The van der Waals surface area contributed by atoms with Gasteiger partial charge in [0.05, 0.1) is 12.3 Å². The number of piperazine rings is 1. The van der Waals surface area contributed by atoms with Crippen LogP contribution in [0.15, 0.2) is 54.6 Å². The molecule has 2 amide bonds. The van der Waals surface area contributed by atoms with Gasteiger partial charge < -0.3 is 15.5 Å². The third-order valence-corrected chi connectivity index (χ3v) is 6.56. The van der Waals surface area contributed by atoms with Gasteiger partial charge in [-0.3, -0.25) is 9.59 Å². The predicted octanol–water partition coefficient (Wildman–Crippen LogP) is 1.29. The Morgan fingerprint density at radius 2 is 1.77 bits per heavy atom. The average Bonchev–Trinajstić information content (AvgIpc) is 2.73. The first-order chi connectivity index (χ1) is 14.4. The third kappa shape index (κ3) is 6.88. The Bertz CT molecular complexity index is 960. The lowest BCUT2D eigenvalue weighted by Crippen LogP contribution is -2.47. The summed E-state index contributed by atoms with van der Waals surface area (Å²) in [5.74, 6) is -0.995. The van der Waals surface area contributed by atoms with Crippen molar-refractivity contribution in [2.75, 3.05) is 36.0 Å². The highest BCUT2D eigenvalue weighted by Gasteiger charge is 2.17. The Kier molecular flexibility index (Phi) is 7.46. The van der Waals surface area contributed by atoms with E-state index in [1.807, 2.05) is 59.5 Å². The fourth-order valence-corrected chi connectivity index (χ4v) is 4.58. The molecule has 7 nitrogen and oxygen atoms in total. The monoisotopic (exact) mass is 429 g/mol. The Hall–Kier alpha value is -2.87. The maximum atomic E-state index is 12.2.